The molecule has 2 aromatic rings. The van der Waals surface area contributed by atoms with Gasteiger partial charge in [-0.1, -0.05) is 17.5 Å². The molecule has 0 radical (unpaired) electrons. The van der Waals surface area contributed by atoms with Crippen LogP contribution >= 0.6 is 11.6 Å². The number of allylic oxidation sites excluding steroid dienone is 1. The number of pyridine rings is 1. The quantitative estimate of drug-likeness (QED) is 0.326. The van der Waals surface area contributed by atoms with Gasteiger partial charge in [0.05, 0.1) is 25.4 Å². The maximum Gasteiger partial charge on any atom is 0.222 e. The van der Waals surface area contributed by atoms with Gasteiger partial charge in [0.1, 0.15) is 17.5 Å². The molecule has 2 atom stereocenters. The van der Waals surface area contributed by atoms with Gasteiger partial charge in [0, 0.05) is 24.2 Å². The van der Waals surface area contributed by atoms with Crippen molar-refractivity contribution >= 4 is 23.4 Å². The first-order chi connectivity index (χ1) is 14.1. The van der Waals surface area contributed by atoms with Gasteiger partial charge in [-0.15, -0.1) is 10.2 Å². The first-order valence-electron chi connectivity index (χ1n) is 8.60. The molecule has 2 unspecified atom stereocenters. The normalized spacial score (nSPS) is 17.9. The Balaban J connectivity index is 1.82. The van der Waals surface area contributed by atoms with Gasteiger partial charge < -0.3 is 10.1 Å². The van der Waals surface area contributed by atoms with E-state index in [1.165, 1.54) is 20.4 Å². The van der Waals surface area contributed by atoms with Crippen LogP contribution in [0.15, 0.2) is 30.3 Å². The van der Waals surface area contributed by atoms with Crippen molar-refractivity contribution in [1.82, 2.24) is 20.7 Å². The summed E-state index contributed by atoms with van der Waals surface area (Å²) in [5.74, 6) is 6.70. The Bertz CT molecular complexity index is 1050. The second-order valence-electron chi connectivity index (χ2n) is 6.14. The van der Waals surface area contributed by atoms with Crippen LogP contribution in [0, 0.1) is 34.5 Å². The minimum atomic E-state index is 0.119. The fourth-order valence-electron chi connectivity index (χ4n) is 2.74. The molecular weight excluding hydrogens is 392 g/mol. The number of nitriles is 1. The highest BCUT2D eigenvalue weighted by Crippen LogP contribution is 2.49. The zero-order chi connectivity index (χ0) is 20.8. The molecule has 0 aromatic carbocycles. The second kappa shape index (κ2) is 9.16. The summed E-state index contributed by atoms with van der Waals surface area (Å²) in [6.45, 7) is 0. The van der Waals surface area contributed by atoms with Crippen molar-refractivity contribution in [1.29, 1.82) is 10.7 Å². The number of hydrogen-bond acceptors (Lipinski definition) is 8. The van der Waals surface area contributed by atoms with Crippen LogP contribution in [0.25, 0.3) is 5.57 Å². The van der Waals surface area contributed by atoms with Crippen LogP contribution in [0.4, 0.5) is 0 Å². The molecule has 2 N–H and O–H groups in total. The van der Waals surface area contributed by atoms with Crippen LogP contribution < -0.4 is 5.48 Å². The Morgan fingerprint density at radius 3 is 2.83 bits per heavy atom. The van der Waals surface area contributed by atoms with Crippen LogP contribution in [0.1, 0.15) is 34.9 Å². The number of ether oxygens (including phenoxy) is 1. The molecule has 1 aliphatic rings. The van der Waals surface area contributed by atoms with Crippen molar-refractivity contribution in [2.75, 3.05) is 14.2 Å². The highest BCUT2D eigenvalue weighted by molar-refractivity contribution is 6.30. The summed E-state index contributed by atoms with van der Waals surface area (Å²) < 4.78 is 5.21. The van der Waals surface area contributed by atoms with Gasteiger partial charge in [-0.3, -0.25) is 4.84 Å². The molecule has 0 amide bonds. The van der Waals surface area contributed by atoms with E-state index in [2.05, 4.69) is 32.5 Å². The molecule has 2 aromatic heterocycles. The molecule has 0 aliphatic heterocycles. The standard InChI is InChI=1S/C20H17ClN6O2/c1-28-20(27-29-2)17(10-23)18-8-16(19(21)26-25-18)15-7-13(15)4-6-14-5-3-12(9-22)11-24-14/h3,5,8,10-11,13,15,23,27H,7H2,1-2H3/b20-17-,23-10?. The van der Waals surface area contributed by atoms with E-state index in [0.29, 0.717) is 27.7 Å². The minimum Gasteiger partial charge on any atom is -0.481 e. The summed E-state index contributed by atoms with van der Waals surface area (Å²) in [7, 11) is 2.90. The van der Waals surface area contributed by atoms with Gasteiger partial charge >= 0.3 is 0 Å². The zero-order valence-electron chi connectivity index (χ0n) is 15.7. The Morgan fingerprint density at radius 2 is 2.21 bits per heavy atom. The predicted molar refractivity (Wildman–Crippen MR) is 107 cm³/mol. The molecule has 2 heterocycles. The van der Waals surface area contributed by atoms with Crippen LogP contribution in [-0.2, 0) is 9.57 Å². The van der Waals surface area contributed by atoms with E-state index in [-0.39, 0.29) is 17.7 Å². The predicted octanol–water partition coefficient (Wildman–Crippen LogP) is 2.67. The number of nitrogens with zero attached hydrogens (tertiary/aromatic N) is 4. The van der Waals surface area contributed by atoms with Crippen LogP contribution in [0.3, 0.4) is 0 Å². The molecule has 0 spiro atoms. The molecule has 9 heteroatoms. The summed E-state index contributed by atoms with van der Waals surface area (Å²) in [6.07, 6.45) is 3.44. The molecule has 1 fully saturated rings. The Labute approximate surface area is 173 Å². The summed E-state index contributed by atoms with van der Waals surface area (Å²) in [4.78, 5) is 9.02. The Hall–Kier alpha value is -3.46. The summed E-state index contributed by atoms with van der Waals surface area (Å²) in [5, 5.41) is 24.9. The molecule has 146 valence electrons. The lowest BCUT2D eigenvalue weighted by Crippen LogP contribution is -2.16. The molecule has 8 nitrogen and oxygen atoms in total. The summed E-state index contributed by atoms with van der Waals surface area (Å²) in [5.41, 5.74) is 5.31. The fourth-order valence-corrected chi connectivity index (χ4v) is 2.97. The Kier molecular flexibility index (Phi) is 6.40. The molecular formula is C20H17ClN6O2. The number of aromatic nitrogens is 3. The topological polar surface area (TPSA) is 117 Å². The van der Waals surface area contributed by atoms with E-state index in [9.17, 15) is 0 Å². The molecule has 3 rings (SSSR count). The highest BCUT2D eigenvalue weighted by atomic mass is 35.5. The first kappa shape index (κ1) is 20.3. The SMILES string of the molecule is CON/C(OC)=C(\C=N)c1cc(C2CC2C#Cc2ccc(C#N)cn2)c(Cl)nn1. The number of methoxy groups -OCH3 is 1. The first-order valence-corrected chi connectivity index (χ1v) is 8.98. The largest absolute Gasteiger partial charge is 0.481 e. The van der Waals surface area contributed by atoms with Gasteiger partial charge in [-0.25, -0.2) is 10.5 Å². The van der Waals surface area contributed by atoms with Gasteiger partial charge in [0.15, 0.2) is 5.15 Å². The number of hydrogen-bond donors (Lipinski definition) is 2. The molecule has 1 saturated carbocycles. The molecule has 29 heavy (non-hydrogen) atoms. The van der Waals surface area contributed by atoms with Crippen molar-refractivity contribution in [3.8, 4) is 17.9 Å². The number of halogens is 1. The number of hydroxylamine groups is 1. The van der Waals surface area contributed by atoms with Gasteiger partial charge in [0.25, 0.3) is 0 Å². The van der Waals surface area contributed by atoms with E-state index in [1.807, 2.05) is 6.07 Å². The van der Waals surface area contributed by atoms with Crippen molar-refractivity contribution in [3.05, 3.63) is 57.9 Å². The van der Waals surface area contributed by atoms with Crippen molar-refractivity contribution in [3.63, 3.8) is 0 Å². The lowest BCUT2D eigenvalue weighted by atomic mass is 10.1. The maximum atomic E-state index is 8.82. The Morgan fingerprint density at radius 1 is 1.38 bits per heavy atom. The molecule has 0 bridgehead atoms. The third-order valence-corrected chi connectivity index (χ3v) is 4.60. The molecule has 0 saturated heterocycles. The number of rotatable bonds is 6. The number of nitrogens with one attached hydrogen (secondary N) is 2. The second-order valence-corrected chi connectivity index (χ2v) is 6.49. The maximum absolute atomic E-state index is 8.82. The minimum absolute atomic E-state index is 0.119. The summed E-state index contributed by atoms with van der Waals surface area (Å²) in [6, 6.07) is 7.22. The average molecular weight is 409 g/mol. The lowest BCUT2D eigenvalue weighted by molar-refractivity contribution is 0.0654. The fraction of sp³-hybridized carbons (Fsp3) is 0.250. The summed E-state index contributed by atoms with van der Waals surface area (Å²) >= 11 is 6.26. The van der Waals surface area contributed by atoms with Gasteiger partial charge in [-0.05, 0) is 36.1 Å². The monoisotopic (exact) mass is 408 g/mol. The van der Waals surface area contributed by atoms with Gasteiger partial charge in [0.2, 0.25) is 5.88 Å². The van der Waals surface area contributed by atoms with Crippen molar-refractivity contribution < 1.29 is 9.57 Å². The van der Waals surface area contributed by atoms with Crippen molar-refractivity contribution in [2.24, 2.45) is 5.92 Å². The van der Waals surface area contributed by atoms with E-state index in [4.69, 9.17) is 31.8 Å². The van der Waals surface area contributed by atoms with E-state index in [1.54, 1.807) is 18.2 Å². The van der Waals surface area contributed by atoms with E-state index in [0.717, 1.165) is 18.2 Å². The highest BCUT2D eigenvalue weighted by Gasteiger charge is 2.39. The third kappa shape index (κ3) is 4.69. The third-order valence-electron chi connectivity index (χ3n) is 4.31. The van der Waals surface area contributed by atoms with Crippen LogP contribution in [0.5, 0.6) is 0 Å². The van der Waals surface area contributed by atoms with Gasteiger partial charge in [-0.2, -0.15) is 5.26 Å². The average Bonchev–Trinajstić information content (AvgIpc) is 3.53. The zero-order valence-corrected chi connectivity index (χ0v) is 16.5. The van der Waals surface area contributed by atoms with Crippen molar-refractivity contribution in [2.45, 2.75) is 12.3 Å². The molecule has 1 aliphatic carbocycles. The van der Waals surface area contributed by atoms with Crippen LogP contribution in [-0.4, -0.2) is 35.6 Å². The lowest BCUT2D eigenvalue weighted by Gasteiger charge is -2.11. The van der Waals surface area contributed by atoms with E-state index < -0.39 is 0 Å². The smallest absolute Gasteiger partial charge is 0.222 e. The van der Waals surface area contributed by atoms with E-state index >= 15 is 0 Å². The van der Waals surface area contributed by atoms with Crippen LogP contribution in [0.2, 0.25) is 5.15 Å².